The summed E-state index contributed by atoms with van der Waals surface area (Å²) in [6, 6.07) is 10.3. The molecule has 0 unspecified atom stereocenters. The Labute approximate surface area is 124 Å². The molecule has 0 aliphatic carbocycles. The van der Waals surface area contributed by atoms with E-state index < -0.39 is 10.7 Å². The van der Waals surface area contributed by atoms with E-state index in [0.717, 1.165) is 0 Å². The van der Waals surface area contributed by atoms with Gasteiger partial charge in [-0.1, -0.05) is 6.07 Å². The maximum atomic E-state index is 13.8. The van der Waals surface area contributed by atoms with Crippen LogP contribution in [0, 0.1) is 34.2 Å². The van der Waals surface area contributed by atoms with Gasteiger partial charge in [0.05, 0.1) is 21.8 Å². The van der Waals surface area contributed by atoms with Crippen LogP contribution in [-0.2, 0) is 0 Å². The van der Waals surface area contributed by atoms with Crippen molar-refractivity contribution in [2.24, 2.45) is 0 Å². The topological polar surface area (TPSA) is 84.8 Å². The lowest BCUT2D eigenvalue weighted by Crippen LogP contribution is -2.02. The van der Waals surface area contributed by atoms with Gasteiger partial charge in [-0.15, -0.1) is 0 Å². The first-order valence-electron chi connectivity index (χ1n) is 6.35. The van der Waals surface area contributed by atoms with E-state index >= 15 is 0 Å². The minimum atomic E-state index is -0.660. The highest BCUT2D eigenvalue weighted by Crippen LogP contribution is 2.27. The van der Waals surface area contributed by atoms with Crippen molar-refractivity contribution < 1.29 is 9.31 Å². The molecule has 1 heterocycles. The van der Waals surface area contributed by atoms with Crippen molar-refractivity contribution in [3.05, 3.63) is 63.6 Å². The zero-order valence-corrected chi connectivity index (χ0v) is 11.4. The number of fused-ring (bicyclic) bond motifs is 1. The number of benzene rings is 2. The van der Waals surface area contributed by atoms with E-state index in [1.54, 1.807) is 25.1 Å². The van der Waals surface area contributed by atoms with Crippen molar-refractivity contribution in [3.8, 4) is 11.8 Å². The zero-order valence-electron chi connectivity index (χ0n) is 11.4. The predicted molar refractivity (Wildman–Crippen MR) is 77.1 cm³/mol. The maximum absolute atomic E-state index is 13.8. The number of nitro groups is 1. The van der Waals surface area contributed by atoms with Gasteiger partial charge in [0, 0.05) is 17.5 Å². The molecule has 0 aliphatic heterocycles. The molecule has 0 N–H and O–H groups in total. The summed E-state index contributed by atoms with van der Waals surface area (Å²) in [7, 11) is 0. The molecule has 108 valence electrons. The molecule has 22 heavy (non-hydrogen) atoms. The number of hydrogen-bond acceptors (Lipinski definition) is 4. The number of nitro benzene ring substituents is 1. The van der Waals surface area contributed by atoms with Gasteiger partial charge < -0.3 is 0 Å². The van der Waals surface area contributed by atoms with Gasteiger partial charge in [0.2, 0.25) is 0 Å². The summed E-state index contributed by atoms with van der Waals surface area (Å²) in [5, 5.41) is 25.1. The SMILES string of the molecule is Cc1nn(-c2cccc(F)c2C#N)c2cc([N+](=O)[O-])ccc12. The summed E-state index contributed by atoms with van der Waals surface area (Å²) in [6.07, 6.45) is 0. The summed E-state index contributed by atoms with van der Waals surface area (Å²) in [5.41, 5.74) is 1.09. The molecule has 7 heteroatoms. The molecule has 0 atom stereocenters. The van der Waals surface area contributed by atoms with Gasteiger partial charge in [-0.2, -0.15) is 10.4 Å². The predicted octanol–water partition coefficient (Wildman–Crippen LogP) is 3.25. The van der Waals surface area contributed by atoms with Gasteiger partial charge >= 0.3 is 0 Å². The zero-order chi connectivity index (χ0) is 15.9. The number of hydrogen-bond donors (Lipinski definition) is 0. The van der Waals surface area contributed by atoms with Crippen molar-refractivity contribution >= 4 is 16.6 Å². The van der Waals surface area contributed by atoms with Gasteiger partial charge in [0.1, 0.15) is 17.4 Å². The van der Waals surface area contributed by atoms with Crippen molar-refractivity contribution in [2.45, 2.75) is 6.92 Å². The molecule has 1 aromatic heterocycles. The summed E-state index contributed by atoms with van der Waals surface area (Å²) >= 11 is 0. The second-order valence-electron chi connectivity index (χ2n) is 4.70. The van der Waals surface area contributed by atoms with Gasteiger partial charge in [0.25, 0.3) is 5.69 Å². The molecule has 0 radical (unpaired) electrons. The van der Waals surface area contributed by atoms with Crippen molar-refractivity contribution in [1.82, 2.24) is 9.78 Å². The van der Waals surface area contributed by atoms with Crippen molar-refractivity contribution in [2.75, 3.05) is 0 Å². The fourth-order valence-corrected chi connectivity index (χ4v) is 2.36. The average Bonchev–Trinajstić information content (AvgIpc) is 2.83. The standard InChI is InChI=1S/C15H9FN4O2/c1-9-11-6-5-10(20(21)22)7-15(11)19(18-9)14-4-2-3-13(16)12(14)8-17/h2-7H,1H3. The van der Waals surface area contributed by atoms with Gasteiger partial charge in [-0.25, -0.2) is 9.07 Å². The normalized spacial score (nSPS) is 10.6. The number of halogens is 1. The van der Waals surface area contributed by atoms with Crippen LogP contribution in [0.1, 0.15) is 11.3 Å². The first-order chi connectivity index (χ1) is 10.5. The second kappa shape index (κ2) is 4.93. The Morgan fingerprint density at radius 3 is 2.82 bits per heavy atom. The van der Waals surface area contributed by atoms with E-state index in [9.17, 15) is 14.5 Å². The Bertz CT molecular complexity index is 956. The number of aromatic nitrogens is 2. The first kappa shape index (κ1) is 13.7. The number of rotatable bonds is 2. The Balaban J connectivity index is 2.37. The average molecular weight is 296 g/mol. The molecule has 0 saturated carbocycles. The maximum Gasteiger partial charge on any atom is 0.271 e. The summed E-state index contributed by atoms with van der Waals surface area (Å²) in [5.74, 6) is -0.660. The highest BCUT2D eigenvalue weighted by molar-refractivity contribution is 5.85. The number of aryl methyl sites for hydroxylation is 1. The van der Waals surface area contributed by atoms with Crippen LogP contribution in [0.4, 0.5) is 10.1 Å². The molecule has 0 bridgehead atoms. The van der Waals surface area contributed by atoms with Crippen LogP contribution in [0.15, 0.2) is 36.4 Å². The lowest BCUT2D eigenvalue weighted by atomic mass is 10.1. The van der Waals surface area contributed by atoms with E-state index in [-0.39, 0.29) is 16.9 Å². The third-order valence-corrected chi connectivity index (χ3v) is 3.39. The molecule has 6 nitrogen and oxygen atoms in total. The lowest BCUT2D eigenvalue weighted by molar-refractivity contribution is -0.384. The molecule has 2 aromatic carbocycles. The molecular weight excluding hydrogens is 287 g/mol. The highest BCUT2D eigenvalue weighted by atomic mass is 19.1. The van der Waals surface area contributed by atoms with E-state index in [4.69, 9.17) is 5.26 Å². The van der Waals surface area contributed by atoms with Gasteiger partial charge in [-0.3, -0.25) is 10.1 Å². The molecule has 0 saturated heterocycles. The van der Waals surface area contributed by atoms with E-state index in [1.807, 2.05) is 0 Å². The van der Waals surface area contributed by atoms with Gasteiger partial charge in [-0.05, 0) is 25.1 Å². The quantitative estimate of drug-likeness (QED) is 0.536. The molecule has 0 fully saturated rings. The van der Waals surface area contributed by atoms with Crippen LogP contribution in [0.5, 0.6) is 0 Å². The molecule has 3 rings (SSSR count). The van der Waals surface area contributed by atoms with Crippen LogP contribution in [-0.4, -0.2) is 14.7 Å². The number of nitrogens with zero attached hydrogens (tertiary/aromatic N) is 4. The Kier molecular flexibility index (Phi) is 3.07. The number of nitriles is 1. The largest absolute Gasteiger partial charge is 0.271 e. The van der Waals surface area contributed by atoms with Crippen LogP contribution < -0.4 is 0 Å². The smallest absolute Gasteiger partial charge is 0.258 e. The summed E-state index contributed by atoms with van der Waals surface area (Å²) < 4.78 is 15.1. The molecular formula is C15H9FN4O2. The minimum absolute atomic E-state index is 0.0939. The van der Waals surface area contributed by atoms with Crippen LogP contribution >= 0.6 is 0 Å². The Morgan fingerprint density at radius 2 is 2.14 bits per heavy atom. The summed E-state index contributed by atoms with van der Waals surface area (Å²) in [6.45, 7) is 1.75. The molecule has 0 aliphatic rings. The third-order valence-electron chi connectivity index (χ3n) is 3.39. The van der Waals surface area contributed by atoms with Gasteiger partial charge in [0.15, 0.2) is 0 Å². The highest BCUT2D eigenvalue weighted by Gasteiger charge is 2.17. The fraction of sp³-hybridized carbons (Fsp3) is 0.0667. The van der Waals surface area contributed by atoms with Crippen LogP contribution in [0.3, 0.4) is 0 Å². The van der Waals surface area contributed by atoms with E-state index in [0.29, 0.717) is 16.6 Å². The van der Waals surface area contributed by atoms with Crippen LogP contribution in [0.25, 0.3) is 16.6 Å². The van der Waals surface area contributed by atoms with E-state index in [2.05, 4.69) is 5.10 Å². The number of non-ortho nitro benzene ring substituents is 1. The third kappa shape index (κ3) is 1.98. The Hall–Kier alpha value is -3.27. The summed E-state index contributed by atoms with van der Waals surface area (Å²) in [4.78, 5) is 10.4. The van der Waals surface area contributed by atoms with Crippen molar-refractivity contribution in [3.63, 3.8) is 0 Å². The fourth-order valence-electron chi connectivity index (χ4n) is 2.36. The Morgan fingerprint density at radius 1 is 1.36 bits per heavy atom. The molecule has 0 spiro atoms. The first-order valence-corrected chi connectivity index (χ1v) is 6.35. The monoisotopic (exact) mass is 296 g/mol. The van der Waals surface area contributed by atoms with Crippen molar-refractivity contribution in [1.29, 1.82) is 5.26 Å². The minimum Gasteiger partial charge on any atom is -0.258 e. The lowest BCUT2D eigenvalue weighted by Gasteiger charge is -2.06. The second-order valence-corrected chi connectivity index (χ2v) is 4.70. The molecule has 3 aromatic rings. The van der Waals surface area contributed by atoms with Crippen LogP contribution in [0.2, 0.25) is 0 Å². The van der Waals surface area contributed by atoms with E-state index in [1.165, 1.54) is 28.9 Å². The molecule has 0 amide bonds.